The highest BCUT2D eigenvalue weighted by Gasteiger charge is 2.26. The Labute approximate surface area is 362 Å². The zero-order chi connectivity index (χ0) is 41.4. The van der Waals surface area contributed by atoms with Gasteiger partial charge in [0.1, 0.15) is 16.9 Å². The minimum atomic E-state index is 0.756. The second kappa shape index (κ2) is 14.0. The molecule has 63 heavy (non-hydrogen) atoms. The molecule has 5 nitrogen and oxygen atoms in total. The SMILES string of the molecule is c1ccc(-c2ccc3c4cc5c6c7oc8ccccc8c7ccc6n(-c6ccccc6)c5cc4n(-c4nc(-c5ccccc5)c(-c5ccccc5)nc4-c4ccccc4)c3c2)cc1. The van der Waals surface area contributed by atoms with Gasteiger partial charge in [-0.3, -0.25) is 4.57 Å². The second-order valence-corrected chi connectivity index (χ2v) is 16.1. The van der Waals surface area contributed by atoms with Crippen molar-refractivity contribution in [3.63, 3.8) is 0 Å². The lowest BCUT2D eigenvalue weighted by atomic mass is 10.0. The number of para-hydroxylation sites is 2. The summed E-state index contributed by atoms with van der Waals surface area (Å²) in [7, 11) is 0. The summed E-state index contributed by atoms with van der Waals surface area (Å²) in [4.78, 5) is 11.4. The van der Waals surface area contributed by atoms with E-state index in [0.717, 1.165) is 122 Å². The molecular weight excluding hydrogens is 769 g/mol. The van der Waals surface area contributed by atoms with Gasteiger partial charge in [-0.15, -0.1) is 0 Å². The molecule has 0 N–H and O–H groups in total. The lowest BCUT2D eigenvalue weighted by Crippen LogP contribution is -2.06. The highest BCUT2D eigenvalue weighted by atomic mass is 16.3. The van der Waals surface area contributed by atoms with Crippen LogP contribution in [0.15, 0.2) is 223 Å². The van der Waals surface area contributed by atoms with Crippen LogP contribution >= 0.6 is 0 Å². The summed E-state index contributed by atoms with van der Waals surface area (Å²) in [6.45, 7) is 0. The highest BCUT2D eigenvalue weighted by Crippen LogP contribution is 2.45. The van der Waals surface area contributed by atoms with Crippen molar-refractivity contribution in [2.24, 2.45) is 0 Å². The molecule has 13 rings (SSSR count). The van der Waals surface area contributed by atoms with Crippen LogP contribution in [-0.2, 0) is 0 Å². The van der Waals surface area contributed by atoms with Gasteiger partial charge in [0.2, 0.25) is 0 Å². The van der Waals surface area contributed by atoms with Gasteiger partial charge in [-0.05, 0) is 59.7 Å². The summed E-state index contributed by atoms with van der Waals surface area (Å²) in [5.41, 5.74) is 14.8. The van der Waals surface area contributed by atoms with Crippen LogP contribution in [0.1, 0.15) is 0 Å². The Bertz CT molecular complexity index is 3870. The predicted molar refractivity (Wildman–Crippen MR) is 260 cm³/mol. The van der Waals surface area contributed by atoms with Crippen LogP contribution in [0.2, 0.25) is 0 Å². The lowest BCUT2D eigenvalue weighted by Gasteiger charge is -2.18. The Morgan fingerprint density at radius 1 is 0.317 bits per heavy atom. The van der Waals surface area contributed by atoms with Gasteiger partial charge in [0.05, 0.1) is 38.8 Å². The molecule has 0 atom stereocenters. The quantitative estimate of drug-likeness (QED) is 0.168. The molecule has 294 valence electrons. The first-order chi connectivity index (χ1) is 31.3. The van der Waals surface area contributed by atoms with Crippen molar-refractivity contribution in [1.29, 1.82) is 0 Å². The molecule has 0 fully saturated rings. The number of rotatable bonds is 6. The van der Waals surface area contributed by atoms with Gasteiger partial charge >= 0.3 is 0 Å². The minimum Gasteiger partial charge on any atom is -0.455 e. The first-order valence-electron chi connectivity index (χ1n) is 21.3. The van der Waals surface area contributed by atoms with Gasteiger partial charge in [0, 0.05) is 49.3 Å². The van der Waals surface area contributed by atoms with E-state index in [1.807, 2.05) is 18.2 Å². The average molecular weight is 805 g/mol. The standard InChI is InChI=1S/C58H36N4O/c1-6-18-37(19-7-1)41-30-31-43-46-35-47-51(61(42-26-14-5-15-27-42)48-33-32-45-44-28-16-17-29-52(44)63-57(45)53(47)48)36-50(46)62(49(43)34-41)58-56(40-24-12-4-13-25-40)59-54(38-20-8-2-9-21-38)55(60-58)39-22-10-3-11-23-39/h1-36H. The maximum atomic E-state index is 6.79. The molecule has 0 amide bonds. The molecule has 4 heterocycles. The van der Waals surface area contributed by atoms with E-state index < -0.39 is 0 Å². The summed E-state index contributed by atoms with van der Waals surface area (Å²) in [6, 6.07) is 77.0. The topological polar surface area (TPSA) is 48.8 Å². The van der Waals surface area contributed by atoms with Gasteiger partial charge in [-0.2, -0.15) is 0 Å². The van der Waals surface area contributed by atoms with Gasteiger partial charge in [-0.25, -0.2) is 9.97 Å². The lowest BCUT2D eigenvalue weighted by molar-refractivity contribution is 0.673. The maximum Gasteiger partial charge on any atom is 0.165 e. The monoisotopic (exact) mass is 804 g/mol. The van der Waals surface area contributed by atoms with E-state index in [0.29, 0.717) is 0 Å². The van der Waals surface area contributed by atoms with E-state index >= 15 is 0 Å². The fourth-order valence-corrected chi connectivity index (χ4v) is 9.65. The van der Waals surface area contributed by atoms with Crippen molar-refractivity contribution in [3.8, 4) is 56.4 Å². The van der Waals surface area contributed by atoms with Crippen molar-refractivity contribution in [2.75, 3.05) is 0 Å². The van der Waals surface area contributed by atoms with Gasteiger partial charge < -0.3 is 8.98 Å². The van der Waals surface area contributed by atoms with Crippen molar-refractivity contribution in [2.45, 2.75) is 0 Å². The molecule has 0 bridgehead atoms. The molecule has 0 spiro atoms. The van der Waals surface area contributed by atoms with Crippen LogP contribution in [0.3, 0.4) is 0 Å². The Morgan fingerprint density at radius 2 is 0.857 bits per heavy atom. The molecule has 0 aliphatic carbocycles. The van der Waals surface area contributed by atoms with Crippen LogP contribution in [0.5, 0.6) is 0 Å². The largest absolute Gasteiger partial charge is 0.455 e. The van der Waals surface area contributed by atoms with Gasteiger partial charge in [0.15, 0.2) is 5.82 Å². The molecule has 0 radical (unpaired) electrons. The Kier molecular flexibility index (Phi) is 7.84. The minimum absolute atomic E-state index is 0.756. The van der Waals surface area contributed by atoms with E-state index in [9.17, 15) is 0 Å². The number of furan rings is 1. The van der Waals surface area contributed by atoms with Crippen molar-refractivity contribution in [1.82, 2.24) is 19.1 Å². The number of nitrogens with zero attached hydrogens (tertiary/aromatic N) is 4. The molecule has 9 aromatic carbocycles. The number of fused-ring (bicyclic) bond motifs is 10. The molecule has 0 saturated heterocycles. The van der Waals surface area contributed by atoms with Crippen LogP contribution in [0, 0.1) is 0 Å². The van der Waals surface area contributed by atoms with E-state index in [1.165, 1.54) is 0 Å². The van der Waals surface area contributed by atoms with E-state index in [-0.39, 0.29) is 0 Å². The predicted octanol–water partition coefficient (Wildman–Crippen LogP) is 15.2. The molecule has 4 aromatic heterocycles. The Hall–Kier alpha value is -8.54. The van der Waals surface area contributed by atoms with E-state index in [1.54, 1.807) is 0 Å². The summed E-state index contributed by atoms with van der Waals surface area (Å²) in [6.07, 6.45) is 0. The third-order valence-electron chi connectivity index (χ3n) is 12.5. The van der Waals surface area contributed by atoms with Crippen LogP contribution in [0.25, 0.3) is 122 Å². The summed E-state index contributed by atoms with van der Waals surface area (Å²) in [5.74, 6) is 0.756. The third kappa shape index (κ3) is 5.50. The smallest absolute Gasteiger partial charge is 0.165 e. The molecule has 0 saturated carbocycles. The van der Waals surface area contributed by atoms with E-state index in [2.05, 4.69) is 209 Å². The zero-order valence-electron chi connectivity index (χ0n) is 34.0. The molecule has 5 heteroatoms. The molecule has 13 aromatic rings. The maximum absolute atomic E-state index is 6.79. The second-order valence-electron chi connectivity index (χ2n) is 16.1. The number of hydrogen-bond acceptors (Lipinski definition) is 3. The fourth-order valence-electron chi connectivity index (χ4n) is 9.65. The Balaban J connectivity index is 1.22. The van der Waals surface area contributed by atoms with Crippen molar-refractivity contribution in [3.05, 3.63) is 218 Å². The first-order valence-corrected chi connectivity index (χ1v) is 21.3. The van der Waals surface area contributed by atoms with Crippen LogP contribution in [-0.4, -0.2) is 19.1 Å². The average Bonchev–Trinajstić information content (AvgIpc) is 4.01. The number of aromatic nitrogens is 4. The van der Waals surface area contributed by atoms with Gasteiger partial charge in [-0.1, -0.05) is 170 Å². The van der Waals surface area contributed by atoms with Crippen LogP contribution < -0.4 is 0 Å². The summed E-state index contributed by atoms with van der Waals surface area (Å²) >= 11 is 0. The number of benzene rings is 9. The zero-order valence-corrected chi connectivity index (χ0v) is 34.0. The molecule has 0 unspecified atom stereocenters. The third-order valence-corrected chi connectivity index (χ3v) is 12.5. The summed E-state index contributed by atoms with van der Waals surface area (Å²) < 4.78 is 11.5. The molecule has 0 aliphatic heterocycles. The summed E-state index contributed by atoms with van der Waals surface area (Å²) in [5, 5.41) is 6.67. The first kappa shape index (κ1) is 35.2. The Morgan fingerprint density at radius 3 is 1.54 bits per heavy atom. The molecular formula is C58H36N4O. The molecule has 0 aliphatic rings. The number of hydrogen-bond donors (Lipinski definition) is 0. The normalized spacial score (nSPS) is 11.8. The fraction of sp³-hybridized carbons (Fsp3) is 0. The van der Waals surface area contributed by atoms with Crippen molar-refractivity contribution >= 4 is 65.6 Å². The highest BCUT2D eigenvalue weighted by molar-refractivity contribution is 6.27. The van der Waals surface area contributed by atoms with Gasteiger partial charge in [0.25, 0.3) is 0 Å². The van der Waals surface area contributed by atoms with E-state index in [4.69, 9.17) is 14.4 Å². The van der Waals surface area contributed by atoms with Crippen molar-refractivity contribution < 1.29 is 4.42 Å². The van der Waals surface area contributed by atoms with Crippen LogP contribution in [0.4, 0.5) is 0 Å².